The van der Waals surface area contributed by atoms with Gasteiger partial charge in [0.15, 0.2) is 0 Å². The van der Waals surface area contributed by atoms with Crippen LogP contribution in [0.2, 0.25) is 0 Å². The molecule has 3 aromatic carbocycles. The lowest BCUT2D eigenvalue weighted by Crippen LogP contribution is -2.57. The van der Waals surface area contributed by atoms with Gasteiger partial charge < -0.3 is 34.0 Å². The molecule has 1 unspecified atom stereocenters. The number of hydrogen-bond acceptors (Lipinski definition) is 7. The smallest absolute Gasteiger partial charge is 0.253 e. The lowest BCUT2D eigenvalue weighted by molar-refractivity contribution is -0.148. The first kappa shape index (κ1) is 31.7. The normalized spacial score (nSPS) is 28.5. The highest BCUT2D eigenvalue weighted by molar-refractivity contribution is 6.07. The Balaban J connectivity index is 1.35. The predicted molar refractivity (Wildman–Crippen MR) is 180 cm³/mol. The van der Waals surface area contributed by atoms with Crippen LogP contribution in [0.1, 0.15) is 25.5 Å². The molecule has 4 aliphatic heterocycles. The number of nitrogens with zero attached hydrogens (tertiary/aromatic N) is 3. The fourth-order valence-corrected chi connectivity index (χ4v) is 7.94. The van der Waals surface area contributed by atoms with E-state index < -0.39 is 47.6 Å². The van der Waals surface area contributed by atoms with Crippen LogP contribution in [-0.2, 0) is 19.1 Å². The standard InChI is InChI=1S/C38H39N3O7/c1-4-47-29-18-14-26(15-19-29)39-22-8-20-37(2)31(34(39)43)32-35(44)41(30(24-42)25-10-6-5-7-11-25)33-36(45)40(23-9-21-38(32,33)48-37)27-12-16-28(46-3)17-13-27/h5-21,30-33,42H,4,22-24H2,1-3H3/t30-,31+,32+,33?,37-,38+/m1/s1. The maximum absolute atomic E-state index is 15.0. The molecule has 7 rings (SSSR count). The maximum Gasteiger partial charge on any atom is 0.253 e. The minimum atomic E-state index is -1.49. The van der Waals surface area contributed by atoms with Crippen molar-refractivity contribution in [3.8, 4) is 11.5 Å². The Kier molecular flexibility index (Phi) is 8.09. The molecule has 1 spiro atoms. The zero-order valence-corrected chi connectivity index (χ0v) is 27.2. The highest BCUT2D eigenvalue weighted by atomic mass is 16.5. The van der Waals surface area contributed by atoms with E-state index >= 15 is 4.79 Å². The minimum absolute atomic E-state index is 0.222. The SMILES string of the molecule is CCOc1ccc(N2CC=C[C@@]3(C)O[C@]45C=CCN(c6ccc(OC)cc6)C(=O)C4N([C@H](CO)c4ccccc4)C(=O)[C@@H]5[C@H]3C2=O)cc1. The van der Waals surface area contributed by atoms with Gasteiger partial charge in [-0.3, -0.25) is 14.4 Å². The van der Waals surface area contributed by atoms with E-state index in [0.29, 0.717) is 35.0 Å². The molecule has 0 aromatic heterocycles. The van der Waals surface area contributed by atoms with Crippen molar-refractivity contribution in [2.45, 2.75) is 37.1 Å². The third-order valence-corrected chi connectivity index (χ3v) is 10.0. The molecule has 1 N–H and O–H groups in total. The molecule has 0 aliphatic carbocycles. The molecule has 48 heavy (non-hydrogen) atoms. The topological polar surface area (TPSA) is 109 Å². The summed E-state index contributed by atoms with van der Waals surface area (Å²) >= 11 is 0. The highest BCUT2D eigenvalue weighted by Gasteiger charge is 2.75. The first-order chi connectivity index (χ1) is 23.3. The molecule has 3 amide bonds. The number of aliphatic hydroxyl groups excluding tert-OH is 1. The number of rotatable bonds is 8. The number of methoxy groups -OCH3 is 1. The Morgan fingerprint density at radius 1 is 0.812 bits per heavy atom. The van der Waals surface area contributed by atoms with Gasteiger partial charge in [0.1, 0.15) is 23.1 Å². The van der Waals surface area contributed by atoms with Crippen LogP contribution < -0.4 is 19.3 Å². The van der Waals surface area contributed by atoms with Crippen molar-refractivity contribution in [1.29, 1.82) is 0 Å². The van der Waals surface area contributed by atoms with Crippen molar-refractivity contribution in [1.82, 2.24) is 4.90 Å². The summed E-state index contributed by atoms with van der Waals surface area (Å²) in [6.45, 7) is 4.33. The maximum atomic E-state index is 15.0. The van der Waals surface area contributed by atoms with Gasteiger partial charge in [-0.05, 0) is 67.9 Å². The van der Waals surface area contributed by atoms with Crippen molar-refractivity contribution < 1.29 is 33.7 Å². The first-order valence-electron chi connectivity index (χ1n) is 16.3. The van der Waals surface area contributed by atoms with E-state index in [1.54, 1.807) is 41.2 Å². The molecule has 10 nitrogen and oxygen atoms in total. The van der Waals surface area contributed by atoms with Crippen LogP contribution in [0.4, 0.5) is 11.4 Å². The van der Waals surface area contributed by atoms with Crippen LogP contribution in [-0.4, -0.2) is 78.4 Å². The number of hydrogen-bond donors (Lipinski definition) is 1. The number of benzene rings is 3. The molecule has 0 radical (unpaired) electrons. The lowest BCUT2D eigenvalue weighted by Gasteiger charge is -2.40. The van der Waals surface area contributed by atoms with E-state index in [-0.39, 0.29) is 24.9 Å². The van der Waals surface area contributed by atoms with Gasteiger partial charge in [0.2, 0.25) is 11.8 Å². The number of aliphatic hydroxyl groups is 1. The fraction of sp³-hybridized carbons (Fsp3) is 0.342. The van der Waals surface area contributed by atoms with Gasteiger partial charge in [0, 0.05) is 24.5 Å². The molecule has 4 aliphatic rings. The summed E-state index contributed by atoms with van der Waals surface area (Å²) in [7, 11) is 1.58. The molecular weight excluding hydrogens is 610 g/mol. The average Bonchev–Trinajstić information content (AvgIpc) is 3.37. The second-order valence-corrected chi connectivity index (χ2v) is 12.7. The molecule has 248 valence electrons. The zero-order chi connectivity index (χ0) is 33.6. The Labute approximate surface area is 279 Å². The summed E-state index contributed by atoms with van der Waals surface area (Å²) in [5.41, 5.74) is -0.726. The van der Waals surface area contributed by atoms with Gasteiger partial charge in [-0.15, -0.1) is 0 Å². The molecule has 3 aromatic rings. The van der Waals surface area contributed by atoms with E-state index in [4.69, 9.17) is 14.2 Å². The van der Waals surface area contributed by atoms with Gasteiger partial charge in [0.05, 0.1) is 43.8 Å². The molecule has 6 atom stereocenters. The second-order valence-electron chi connectivity index (χ2n) is 12.7. The lowest BCUT2D eigenvalue weighted by atomic mass is 9.74. The number of carbonyl (C=O) groups excluding carboxylic acids is 3. The Morgan fingerprint density at radius 2 is 1.42 bits per heavy atom. The van der Waals surface area contributed by atoms with Gasteiger partial charge in [-0.1, -0.05) is 54.6 Å². The zero-order valence-electron chi connectivity index (χ0n) is 27.2. The van der Waals surface area contributed by atoms with E-state index in [2.05, 4.69) is 0 Å². The number of likely N-dealkylation sites (tertiary alicyclic amines) is 1. The number of ether oxygens (including phenoxy) is 3. The fourth-order valence-electron chi connectivity index (χ4n) is 7.94. The van der Waals surface area contributed by atoms with Crippen LogP contribution in [0.25, 0.3) is 0 Å². The number of carbonyl (C=O) groups is 3. The number of anilines is 2. The Morgan fingerprint density at radius 3 is 2.02 bits per heavy atom. The molecule has 0 saturated carbocycles. The van der Waals surface area contributed by atoms with Crippen molar-refractivity contribution in [3.05, 3.63) is 109 Å². The van der Waals surface area contributed by atoms with Crippen molar-refractivity contribution in [2.24, 2.45) is 11.8 Å². The summed E-state index contributed by atoms with van der Waals surface area (Å²) in [4.78, 5) is 49.4. The van der Waals surface area contributed by atoms with Gasteiger partial charge in [-0.25, -0.2) is 0 Å². The first-order valence-corrected chi connectivity index (χ1v) is 16.3. The number of fused-ring (bicyclic) bond motifs is 2. The Bertz CT molecular complexity index is 1760. The largest absolute Gasteiger partial charge is 0.497 e. The van der Waals surface area contributed by atoms with Crippen molar-refractivity contribution in [3.63, 3.8) is 0 Å². The van der Waals surface area contributed by atoms with Crippen molar-refractivity contribution >= 4 is 29.1 Å². The minimum Gasteiger partial charge on any atom is -0.497 e. The van der Waals surface area contributed by atoms with E-state index in [1.807, 2.05) is 92.7 Å². The molecule has 2 saturated heterocycles. The molecule has 10 heteroatoms. The van der Waals surface area contributed by atoms with Crippen LogP contribution in [0.15, 0.2) is 103 Å². The van der Waals surface area contributed by atoms with Crippen LogP contribution >= 0.6 is 0 Å². The quantitative estimate of drug-likeness (QED) is 0.363. The molecule has 2 fully saturated rings. The molecule has 0 bridgehead atoms. The number of amides is 3. The van der Waals surface area contributed by atoms with Crippen LogP contribution in [0.5, 0.6) is 11.5 Å². The Hall–Kier alpha value is -4.93. The van der Waals surface area contributed by atoms with Crippen molar-refractivity contribution in [2.75, 3.05) is 43.2 Å². The monoisotopic (exact) mass is 649 g/mol. The molecular formula is C38H39N3O7. The van der Waals surface area contributed by atoms with E-state index in [9.17, 15) is 14.7 Å². The van der Waals surface area contributed by atoms with Gasteiger partial charge in [0.25, 0.3) is 5.91 Å². The van der Waals surface area contributed by atoms with E-state index in [0.717, 1.165) is 0 Å². The summed E-state index contributed by atoms with van der Waals surface area (Å²) in [5.74, 6) is -1.72. The predicted octanol–water partition coefficient (Wildman–Crippen LogP) is 4.30. The summed E-state index contributed by atoms with van der Waals surface area (Å²) in [6, 6.07) is 21.6. The molecule has 4 heterocycles. The third kappa shape index (κ3) is 4.89. The summed E-state index contributed by atoms with van der Waals surface area (Å²) in [5, 5.41) is 10.8. The average molecular weight is 650 g/mol. The second kappa shape index (κ2) is 12.3. The highest BCUT2D eigenvalue weighted by Crippen LogP contribution is 2.59. The van der Waals surface area contributed by atoms with Gasteiger partial charge >= 0.3 is 0 Å². The summed E-state index contributed by atoms with van der Waals surface area (Å²) < 4.78 is 18.0. The van der Waals surface area contributed by atoms with Gasteiger partial charge in [-0.2, -0.15) is 0 Å². The summed E-state index contributed by atoms with van der Waals surface area (Å²) in [6.07, 6.45) is 7.39. The van der Waals surface area contributed by atoms with Crippen LogP contribution in [0.3, 0.4) is 0 Å². The van der Waals surface area contributed by atoms with Crippen LogP contribution in [0, 0.1) is 11.8 Å². The third-order valence-electron chi connectivity index (χ3n) is 10.0. The van der Waals surface area contributed by atoms with E-state index in [1.165, 1.54) is 4.90 Å².